The van der Waals surface area contributed by atoms with Gasteiger partial charge in [-0.3, -0.25) is 4.72 Å². The van der Waals surface area contributed by atoms with Crippen LogP contribution in [0.15, 0.2) is 58.5 Å². The second-order valence-electron chi connectivity index (χ2n) is 6.38. The Labute approximate surface area is 154 Å². The predicted molar refractivity (Wildman–Crippen MR) is 98.6 cm³/mol. The molecule has 1 fully saturated rings. The van der Waals surface area contributed by atoms with E-state index in [0.717, 1.165) is 12.8 Å². The zero-order valence-electron chi connectivity index (χ0n) is 14.4. The first-order valence-corrected chi connectivity index (χ1v) is 11.3. The van der Waals surface area contributed by atoms with Crippen LogP contribution in [0.5, 0.6) is 0 Å². The highest BCUT2D eigenvalue weighted by Crippen LogP contribution is 2.25. The Kier molecular flexibility index (Phi) is 5.31. The van der Waals surface area contributed by atoms with Gasteiger partial charge in [0.25, 0.3) is 10.0 Å². The maximum Gasteiger partial charge on any atom is 0.263 e. The van der Waals surface area contributed by atoms with Crippen LogP contribution in [-0.2, 0) is 20.0 Å². The Bertz CT molecular complexity index is 968. The molecule has 0 amide bonds. The maximum absolute atomic E-state index is 12.8. The van der Waals surface area contributed by atoms with Crippen molar-refractivity contribution < 1.29 is 16.8 Å². The molecule has 3 rings (SSSR count). The minimum Gasteiger partial charge on any atom is -0.263 e. The van der Waals surface area contributed by atoms with Crippen molar-refractivity contribution >= 4 is 25.9 Å². The molecule has 1 N–H and O–H groups in total. The van der Waals surface area contributed by atoms with Gasteiger partial charge in [0.05, 0.1) is 9.79 Å². The van der Waals surface area contributed by atoms with Gasteiger partial charge in [-0.25, -0.2) is 21.8 Å². The smallest absolute Gasteiger partial charge is 0.263 e. The Balaban J connectivity index is 1.88. The van der Waals surface area contributed by atoms with E-state index < -0.39 is 20.0 Å². The monoisotopic (exact) mass is 395 g/mol. The van der Waals surface area contributed by atoms with Crippen LogP contribution >= 0.6 is 0 Å². The van der Waals surface area contributed by atoms with Crippen LogP contribution in [0.25, 0.3) is 0 Å². The molecular formula is C17H21N3O4S2. The maximum atomic E-state index is 12.8. The molecular weight excluding hydrogens is 374 g/mol. The number of sulfonamides is 2. The largest absolute Gasteiger partial charge is 0.263 e. The summed E-state index contributed by atoms with van der Waals surface area (Å²) in [6.07, 6.45) is 3.08. The van der Waals surface area contributed by atoms with Gasteiger partial charge in [-0.1, -0.05) is 19.1 Å². The molecule has 1 saturated heterocycles. The molecule has 7 nitrogen and oxygen atoms in total. The molecule has 0 unspecified atom stereocenters. The van der Waals surface area contributed by atoms with Gasteiger partial charge in [0.15, 0.2) is 0 Å². The minimum absolute atomic E-state index is 0.0176. The van der Waals surface area contributed by atoms with Crippen LogP contribution in [0, 0.1) is 5.92 Å². The Morgan fingerprint density at radius 2 is 1.69 bits per heavy atom. The number of hydrogen-bond donors (Lipinski definition) is 1. The zero-order chi connectivity index (χ0) is 18.8. The van der Waals surface area contributed by atoms with Gasteiger partial charge in [0, 0.05) is 19.3 Å². The molecule has 140 valence electrons. The van der Waals surface area contributed by atoms with Crippen LogP contribution in [0.1, 0.15) is 19.8 Å². The number of benzene rings is 1. The van der Waals surface area contributed by atoms with Gasteiger partial charge in [0.1, 0.15) is 5.82 Å². The number of hydrogen-bond acceptors (Lipinski definition) is 5. The normalized spacial score (nSPS) is 17.1. The van der Waals surface area contributed by atoms with Gasteiger partial charge < -0.3 is 0 Å². The van der Waals surface area contributed by atoms with Crippen LogP contribution < -0.4 is 4.72 Å². The van der Waals surface area contributed by atoms with Crippen molar-refractivity contribution in [2.75, 3.05) is 17.8 Å². The van der Waals surface area contributed by atoms with Crippen molar-refractivity contribution in [3.63, 3.8) is 0 Å². The third kappa shape index (κ3) is 4.05. The topological polar surface area (TPSA) is 96.4 Å². The Morgan fingerprint density at radius 1 is 1.00 bits per heavy atom. The molecule has 1 aromatic carbocycles. The number of piperidine rings is 1. The summed E-state index contributed by atoms with van der Waals surface area (Å²) < 4.78 is 54.5. The molecule has 1 aliphatic heterocycles. The lowest BCUT2D eigenvalue weighted by Gasteiger charge is -2.29. The molecule has 2 heterocycles. The summed E-state index contributed by atoms with van der Waals surface area (Å²) in [7, 11) is -7.65. The molecule has 0 atom stereocenters. The van der Waals surface area contributed by atoms with Crippen molar-refractivity contribution in [2.45, 2.75) is 29.6 Å². The average molecular weight is 396 g/mol. The van der Waals surface area contributed by atoms with E-state index in [1.807, 2.05) is 0 Å². The summed E-state index contributed by atoms with van der Waals surface area (Å²) in [6.45, 7) is 3.00. The molecule has 26 heavy (non-hydrogen) atoms. The van der Waals surface area contributed by atoms with Crippen LogP contribution in [-0.4, -0.2) is 39.2 Å². The molecule has 9 heteroatoms. The summed E-state index contributed by atoms with van der Waals surface area (Å²) in [5.74, 6) is 0.668. The SMILES string of the molecule is CC1CCN(S(=O)(=O)c2cccc(S(=O)(=O)Nc3ccccn3)c2)CC1. The highest BCUT2D eigenvalue weighted by atomic mass is 32.2. The predicted octanol–water partition coefficient (Wildman–Crippen LogP) is 2.30. The standard InChI is InChI=1S/C17H21N3O4S2/c1-14-8-11-20(12-9-14)26(23,24)16-6-4-5-15(13-16)25(21,22)19-17-7-2-3-10-18-17/h2-7,10,13-14H,8-9,11-12H2,1H3,(H,18,19). The first kappa shape index (κ1) is 18.8. The molecule has 0 bridgehead atoms. The number of nitrogens with one attached hydrogen (secondary N) is 1. The summed E-state index contributed by atoms with van der Waals surface area (Å²) in [6, 6.07) is 10.3. The van der Waals surface area contributed by atoms with Crippen molar-refractivity contribution in [2.24, 2.45) is 5.92 Å². The van der Waals surface area contributed by atoms with Gasteiger partial charge in [0.2, 0.25) is 10.0 Å². The highest BCUT2D eigenvalue weighted by Gasteiger charge is 2.29. The fourth-order valence-corrected chi connectivity index (χ4v) is 5.44. The minimum atomic E-state index is -3.93. The first-order valence-electron chi connectivity index (χ1n) is 8.33. The molecule has 0 aliphatic carbocycles. The Hall–Kier alpha value is -1.97. The molecule has 1 aliphatic rings. The molecule has 0 spiro atoms. The number of aromatic nitrogens is 1. The molecule has 2 aromatic rings. The zero-order valence-corrected chi connectivity index (χ0v) is 16.0. The summed E-state index contributed by atoms with van der Waals surface area (Å²) in [5.41, 5.74) is 0. The molecule has 0 saturated carbocycles. The van der Waals surface area contributed by atoms with E-state index in [-0.39, 0.29) is 15.6 Å². The van der Waals surface area contributed by atoms with Crippen molar-refractivity contribution in [1.82, 2.24) is 9.29 Å². The molecule has 1 aromatic heterocycles. The van der Waals surface area contributed by atoms with E-state index in [4.69, 9.17) is 0 Å². The number of rotatable bonds is 5. The van der Waals surface area contributed by atoms with E-state index >= 15 is 0 Å². The Morgan fingerprint density at radius 3 is 2.35 bits per heavy atom. The van der Waals surface area contributed by atoms with E-state index in [9.17, 15) is 16.8 Å². The fraction of sp³-hybridized carbons (Fsp3) is 0.353. The highest BCUT2D eigenvalue weighted by molar-refractivity contribution is 7.93. The molecule has 0 radical (unpaired) electrons. The summed E-state index contributed by atoms with van der Waals surface area (Å²) in [5, 5.41) is 0. The van der Waals surface area contributed by atoms with Gasteiger partial charge >= 0.3 is 0 Å². The van der Waals surface area contributed by atoms with Crippen LogP contribution in [0.3, 0.4) is 0 Å². The lowest BCUT2D eigenvalue weighted by atomic mass is 10.0. The lowest BCUT2D eigenvalue weighted by Crippen LogP contribution is -2.37. The van der Waals surface area contributed by atoms with Crippen molar-refractivity contribution in [1.29, 1.82) is 0 Å². The quantitative estimate of drug-likeness (QED) is 0.838. The van der Waals surface area contributed by atoms with Crippen molar-refractivity contribution in [3.05, 3.63) is 48.7 Å². The van der Waals surface area contributed by atoms with Gasteiger partial charge in [-0.05, 0) is 49.1 Å². The van der Waals surface area contributed by atoms with Crippen LogP contribution in [0.4, 0.5) is 5.82 Å². The lowest BCUT2D eigenvalue weighted by molar-refractivity contribution is 0.288. The second kappa shape index (κ2) is 7.34. The van der Waals surface area contributed by atoms with Crippen molar-refractivity contribution in [3.8, 4) is 0 Å². The number of nitrogens with zero attached hydrogens (tertiary/aromatic N) is 2. The first-order chi connectivity index (χ1) is 12.3. The van der Waals surface area contributed by atoms with E-state index in [1.54, 1.807) is 12.1 Å². The van der Waals surface area contributed by atoms with Crippen LogP contribution in [0.2, 0.25) is 0 Å². The number of pyridine rings is 1. The van der Waals surface area contributed by atoms with Gasteiger partial charge in [-0.2, -0.15) is 4.31 Å². The fourth-order valence-electron chi connectivity index (χ4n) is 2.80. The average Bonchev–Trinajstić information content (AvgIpc) is 2.63. The van der Waals surface area contributed by atoms with E-state index in [1.165, 1.54) is 40.8 Å². The third-order valence-electron chi connectivity index (χ3n) is 4.40. The van der Waals surface area contributed by atoms with E-state index in [2.05, 4.69) is 16.6 Å². The van der Waals surface area contributed by atoms with Gasteiger partial charge in [-0.15, -0.1) is 0 Å². The van der Waals surface area contributed by atoms with E-state index in [0.29, 0.717) is 19.0 Å². The summed E-state index contributed by atoms with van der Waals surface area (Å²) >= 11 is 0. The second-order valence-corrected chi connectivity index (χ2v) is 10.0. The summed E-state index contributed by atoms with van der Waals surface area (Å²) in [4.78, 5) is 3.79. The number of anilines is 1. The third-order valence-corrected chi connectivity index (χ3v) is 7.65.